The number of thiophene rings is 1. The van der Waals surface area contributed by atoms with E-state index in [0.29, 0.717) is 28.7 Å². The van der Waals surface area contributed by atoms with E-state index in [1.807, 2.05) is 6.92 Å². The van der Waals surface area contributed by atoms with Gasteiger partial charge in [0.25, 0.3) is 0 Å². The highest BCUT2D eigenvalue weighted by molar-refractivity contribution is 7.17. The molecule has 0 spiro atoms. The first-order chi connectivity index (χ1) is 12.5. The molecule has 1 aliphatic carbocycles. The van der Waals surface area contributed by atoms with Crippen LogP contribution in [0, 0.1) is 5.92 Å². The maximum absolute atomic E-state index is 12.6. The molecule has 6 nitrogen and oxygen atoms in total. The Kier molecular flexibility index (Phi) is 5.98. The smallest absolute Gasteiger partial charge is 0.341 e. The van der Waals surface area contributed by atoms with Crippen LogP contribution in [0.25, 0.3) is 0 Å². The van der Waals surface area contributed by atoms with Gasteiger partial charge in [-0.25, -0.2) is 4.79 Å². The summed E-state index contributed by atoms with van der Waals surface area (Å²) in [5, 5.41) is 8.18. The Morgan fingerprint density at radius 3 is 2.88 bits per heavy atom. The zero-order valence-corrected chi connectivity index (χ0v) is 16.5. The Balaban J connectivity index is 1.78. The number of hydrogen-bond donors (Lipinski definition) is 1. The van der Waals surface area contributed by atoms with Crippen LogP contribution in [0.2, 0.25) is 5.02 Å². The Morgan fingerprint density at radius 1 is 1.42 bits per heavy atom. The summed E-state index contributed by atoms with van der Waals surface area (Å²) in [6.07, 6.45) is 7.19. The zero-order chi connectivity index (χ0) is 18.7. The van der Waals surface area contributed by atoms with Crippen molar-refractivity contribution in [1.82, 2.24) is 9.78 Å². The lowest BCUT2D eigenvalue weighted by atomic mass is 9.95. The summed E-state index contributed by atoms with van der Waals surface area (Å²) in [4.78, 5) is 26.3. The van der Waals surface area contributed by atoms with Crippen LogP contribution in [0.4, 0.5) is 5.00 Å². The lowest BCUT2D eigenvalue weighted by Crippen LogP contribution is -2.25. The minimum atomic E-state index is -0.353. The highest BCUT2D eigenvalue weighted by atomic mass is 35.5. The number of rotatable bonds is 6. The van der Waals surface area contributed by atoms with Crippen molar-refractivity contribution in [1.29, 1.82) is 0 Å². The second-order valence-corrected chi connectivity index (χ2v) is 7.95. The standard InChI is InChI=1S/C18H22ClN3O3S/c1-3-25-18(24)15-13-6-4-5-7-14(13)26-17(15)21-16(23)11(2)9-22-10-12(19)8-20-22/h8,10-11H,3-7,9H2,1-2H3,(H,21,23). The second-order valence-electron chi connectivity index (χ2n) is 6.41. The first-order valence-corrected chi connectivity index (χ1v) is 9.99. The fourth-order valence-corrected chi connectivity index (χ4v) is 4.55. The molecule has 1 N–H and O–H groups in total. The van der Waals surface area contributed by atoms with E-state index in [1.54, 1.807) is 24.0 Å². The van der Waals surface area contributed by atoms with Gasteiger partial charge >= 0.3 is 5.97 Å². The molecule has 1 aliphatic rings. The first kappa shape index (κ1) is 18.9. The van der Waals surface area contributed by atoms with E-state index in [2.05, 4.69) is 10.4 Å². The number of aromatic nitrogens is 2. The van der Waals surface area contributed by atoms with E-state index >= 15 is 0 Å². The minimum absolute atomic E-state index is 0.152. The van der Waals surface area contributed by atoms with Crippen molar-refractivity contribution < 1.29 is 14.3 Å². The number of fused-ring (bicyclic) bond motifs is 1. The van der Waals surface area contributed by atoms with E-state index in [9.17, 15) is 9.59 Å². The third kappa shape index (κ3) is 4.10. The number of anilines is 1. The normalized spacial score (nSPS) is 14.6. The van der Waals surface area contributed by atoms with Crippen LogP contribution in [-0.4, -0.2) is 28.3 Å². The molecule has 0 saturated heterocycles. The molecule has 0 radical (unpaired) electrons. The van der Waals surface area contributed by atoms with Crippen LogP contribution < -0.4 is 5.32 Å². The topological polar surface area (TPSA) is 73.2 Å². The van der Waals surface area contributed by atoms with Gasteiger partial charge < -0.3 is 10.1 Å². The van der Waals surface area contributed by atoms with E-state index < -0.39 is 0 Å². The summed E-state index contributed by atoms with van der Waals surface area (Å²) >= 11 is 7.36. The van der Waals surface area contributed by atoms with Gasteiger partial charge in [-0.3, -0.25) is 9.48 Å². The van der Waals surface area contributed by atoms with Gasteiger partial charge in [-0.05, 0) is 38.2 Å². The van der Waals surface area contributed by atoms with Crippen molar-refractivity contribution in [2.75, 3.05) is 11.9 Å². The number of carbonyl (C=O) groups is 2. The molecule has 1 atom stereocenters. The van der Waals surface area contributed by atoms with Gasteiger partial charge in [0.15, 0.2) is 0 Å². The van der Waals surface area contributed by atoms with Gasteiger partial charge in [-0.1, -0.05) is 18.5 Å². The molecular weight excluding hydrogens is 374 g/mol. The van der Waals surface area contributed by atoms with E-state index in [0.717, 1.165) is 31.2 Å². The molecule has 2 aromatic heterocycles. The number of hydrogen-bond acceptors (Lipinski definition) is 5. The summed E-state index contributed by atoms with van der Waals surface area (Å²) in [6, 6.07) is 0. The average molecular weight is 396 g/mol. The Hall–Kier alpha value is -1.86. The summed E-state index contributed by atoms with van der Waals surface area (Å²) < 4.78 is 6.86. The molecule has 0 aromatic carbocycles. The number of carbonyl (C=O) groups excluding carboxylic acids is 2. The Bertz CT molecular complexity index is 815. The van der Waals surface area contributed by atoms with Gasteiger partial charge in [0.05, 0.1) is 35.9 Å². The first-order valence-electron chi connectivity index (χ1n) is 8.80. The van der Waals surface area contributed by atoms with Crippen molar-refractivity contribution in [3.05, 3.63) is 33.4 Å². The van der Waals surface area contributed by atoms with Crippen LogP contribution in [0.1, 0.15) is 47.5 Å². The van der Waals surface area contributed by atoms with Crippen molar-refractivity contribution >= 4 is 39.8 Å². The van der Waals surface area contributed by atoms with Crippen LogP contribution >= 0.6 is 22.9 Å². The summed E-state index contributed by atoms with van der Waals surface area (Å²) in [5.41, 5.74) is 1.58. The number of halogens is 1. The third-order valence-corrected chi connectivity index (χ3v) is 5.80. The number of nitrogens with zero attached hydrogens (tertiary/aromatic N) is 2. The predicted molar refractivity (Wildman–Crippen MR) is 102 cm³/mol. The third-order valence-electron chi connectivity index (χ3n) is 4.40. The van der Waals surface area contributed by atoms with Gasteiger partial charge in [0.2, 0.25) is 5.91 Å². The van der Waals surface area contributed by atoms with E-state index in [1.165, 1.54) is 16.2 Å². The average Bonchev–Trinajstić information content (AvgIpc) is 3.17. The lowest BCUT2D eigenvalue weighted by molar-refractivity contribution is -0.119. The van der Waals surface area contributed by atoms with E-state index in [-0.39, 0.29) is 17.8 Å². The van der Waals surface area contributed by atoms with Crippen molar-refractivity contribution in [3.63, 3.8) is 0 Å². The monoisotopic (exact) mass is 395 g/mol. The van der Waals surface area contributed by atoms with Gasteiger partial charge in [0.1, 0.15) is 5.00 Å². The molecule has 140 valence electrons. The fraction of sp³-hybridized carbons (Fsp3) is 0.500. The maximum Gasteiger partial charge on any atom is 0.341 e. The molecule has 2 heterocycles. The van der Waals surface area contributed by atoms with Crippen LogP contribution in [0.3, 0.4) is 0 Å². The molecule has 0 saturated carbocycles. The molecule has 2 aromatic rings. The molecule has 0 aliphatic heterocycles. The number of amides is 1. The SMILES string of the molecule is CCOC(=O)c1c(NC(=O)C(C)Cn2cc(Cl)cn2)sc2c1CCCC2. The number of ether oxygens (including phenoxy) is 1. The summed E-state index contributed by atoms with van der Waals surface area (Å²) in [6.45, 7) is 4.33. The van der Waals surface area contributed by atoms with Gasteiger partial charge in [0, 0.05) is 11.1 Å². The molecule has 3 rings (SSSR count). The van der Waals surface area contributed by atoms with Crippen LogP contribution in [0.5, 0.6) is 0 Å². The van der Waals surface area contributed by atoms with Crippen LogP contribution in [0.15, 0.2) is 12.4 Å². The van der Waals surface area contributed by atoms with Crippen molar-refractivity contribution in [3.8, 4) is 0 Å². The number of nitrogens with one attached hydrogen (secondary N) is 1. The van der Waals surface area contributed by atoms with E-state index in [4.69, 9.17) is 16.3 Å². The number of aryl methyl sites for hydroxylation is 1. The van der Waals surface area contributed by atoms with Gasteiger partial charge in [-0.2, -0.15) is 5.10 Å². The maximum atomic E-state index is 12.6. The second kappa shape index (κ2) is 8.22. The number of esters is 1. The molecule has 8 heteroatoms. The van der Waals surface area contributed by atoms with Crippen LogP contribution in [-0.2, 0) is 28.9 Å². The lowest BCUT2D eigenvalue weighted by Gasteiger charge is -2.13. The van der Waals surface area contributed by atoms with Crippen molar-refractivity contribution in [2.45, 2.75) is 46.1 Å². The summed E-state index contributed by atoms with van der Waals surface area (Å²) in [7, 11) is 0. The molecular formula is C18H22ClN3O3S. The largest absolute Gasteiger partial charge is 0.462 e. The molecule has 1 unspecified atom stereocenters. The minimum Gasteiger partial charge on any atom is -0.462 e. The fourth-order valence-electron chi connectivity index (χ4n) is 3.11. The highest BCUT2D eigenvalue weighted by Gasteiger charge is 2.28. The zero-order valence-electron chi connectivity index (χ0n) is 14.9. The molecule has 0 bridgehead atoms. The molecule has 26 heavy (non-hydrogen) atoms. The van der Waals surface area contributed by atoms with Gasteiger partial charge in [-0.15, -0.1) is 11.3 Å². The Labute approximate surface area is 161 Å². The molecule has 1 amide bonds. The predicted octanol–water partition coefficient (Wildman–Crippen LogP) is 3.93. The highest BCUT2D eigenvalue weighted by Crippen LogP contribution is 2.38. The Morgan fingerprint density at radius 2 is 2.19 bits per heavy atom. The summed E-state index contributed by atoms with van der Waals surface area (Å²) in [5.74, 6) is -0.824. The van der Waals surface area contributed by atoms with Crippen molar-refractivity contribution in [2.24, 2.45) is 5.92 Å². The molecule has 0 fully saturated rings. The quantitative estimate of drug-likeness (QED) is 0.752.